The van der Waals surface area contributed by atoms with Gasteiger partial charge in [0.05, 0.1) is 35.7 Å². The van der Waals surface area contributed by atoms with Gasteiger partial charge in [-0.25, -0.2) is 37.0 Å². The molecule has 0 amide bonds. The molecular formula is C42H40F4N14. The van der Waals surface area contributed by atoms with Gasteiger partial charge < -0.3 is 26.3 Å². The van der Waals surface area contributed by atoms with Crippen molar-refractivity contribution in [2.24, 2.45) is 0 Å². The van der Waals surface area contributed by atoms with Crippen LogP contribution in [0.1, 0.15) is 36.8 Å². The molecule has 0 unspecified atom stereocenters. The molecule has 306 valence electrons. The molecule has 10 rings (SSSR count). The largest absolute Gasteiger partial charge is 0.371 e. The number of pyridine rings is 4. The second-order valence-electron chi connectivity index (χ2n) is 15.0. The van der Waals surface area contributed by atoms with E-state index in [0.717, 1.165) is 67.2 Å². The summed E-state index contributed by atoms with van der Waals surface area (Å²) in [6, 6.07) is 13.6. The maximum Gasteiger partial charge on any atom is 0.251 e. The molecule has 0 saturated carbocycles. The molecule has 8 aromatic heterocycles. The number of anilines is 2. The van der Waals surface area contributed by atoms with Crippen molar-refractivity contribution < 1.29 is 17.6 Å². The third-order valence-corrected chi connectivity index (χ3v) is 11.0. The van der Waals surface area contributed by atoms with Crippen LogP contribution in [-0.4, -0.2) is 96.5 Å². The fourth-order valence-electron chi connectivity index (χ4n) is 7.58. The van der Waals surface area contributed by atoms with E-state index in [-0.39, 0.29) is 31.6 Å². The number of H-pyrrole nitrogens is 1. The molecule has 8 aromatic rings. The average Bonchev–Trinajstić information content (AvgIpc) is 4.05. The van der Waals surface area contributed by atoms with Crippen molar-refractivity contribution in [3.63, 3.8) is 0 Å². The number of likely N-dealkylation sites (tertiary alicyclic amines) is 2. The first-order chi connectivity index (χ1) is 28.8. The molecule has 2 saturated heterocycles. The van der Waals surface area contributed by atoms with Crippen LogP contribution in [-0.2, 0) is 0 Å². The average molecular weight is 817 g/mol. The standard InChI is InChI=1S/C22H21F2N7.C20H19F2N7/c1-14(30-6-3-22(23,24)4-7-30)16-8-15-2-5-31(20(15)27-11-16)18-9-17(10-26-12-18)19-13-28-21(25)29-19;1-13(27-8-5-20(21,22)6-9-27)15-10-14-4-7-28(18(14)24-11-15)16-2-3-17-25-19(23)26-29(17)12-16/h2,5,8-13H,1,3-4,6-7H2,(H3,25,28,29);2-4,7,10-12H,1,5-6,8-9H2,(H2,23,26). The fraction of sp³-hybridized carbons (Fsp3) is 0.238. The molecule has 10 heterocycles. The summed E-state index contributed by atoms with van der Waals surface area (Å²) in [4.78, 5) is 28.5. The molecule has 18 heteroatoms. The molecule has 2 fully saturated rings. The van der Waals surface area contributed by atoms with E-state index < -0.39 is 11.8 Å². The number of aromatic amines is 1. The Morgan fingerprint density at radius 3 is 1.78 bits per heavy atom. The second kappa shape index (κ2) is 14.9. The van der Waals surface area contributed by atoms with Gasteiger partial charge in [0.25, 0.3) is 11.8 Å². The van der Waals surface area contributed by atoms with Crippen LogP contribution < -0.4 is 11.5 Å². The zero-order chi connectivity index (χ0) is 41.8. The van der Waals surface area contributed by atoms with E-state index in [0.29, 0.717) is 37.8 Å². The minimum atomic E-state index is -2.58. The lowest BCUT2D eigenvalue weighted by Crippen LogP contribution is -2.38. The van der Waals surface area contributed by atoms with Crippen molar-refractivity contribution in [1.29, 1.82) is 0 Å². The van der Waals surface area contributed by atoms with Gasteiger partial charge in [0.15, 0.2) is 11.6 Å². The van der Waals surface area contributed by atoms with Gasteiger partial charge in [0.2, 0.25) is 5.95 Å². The second-order valence-corrected chi connectivity index (χ2v) is 15.0. The molecule has 2 aliphatic rings. The molecule has 0 radical (unpaired) electrons. The quantitative estimate of drug-likeness (QED) is 0.138. The highest BCUT2D eigenvalue weighted by atomic mass is 19.3. The van der Waals surface area contributed by atoms with Crippen molar-refractivity contribution in [1.82, 2.24) is 58.5 Å². The first kappa shape index (κ1) is 38.3. The van der Waals surface area contributed by atoms with Gasteiger partial charge in [0, 0.05) is 122 Å². The minimum absolute atomic E-state index is 0.145. The molecule has 60 heavy (non-hydrogen) atoms. The van der Waals surface area contributed by atoms with Crippen LogP contribution in [0.2, 0.25) is 0 Å². The van der Waals surface area contributed by atoms with E-state index in [1.54, 1.807) is 35.5 Å². The van der Waals surface area contributed by atoms with Crippen LogP contribution in [0.15, 0.2) is 105 Å². The highest BCUT2D eigenvalue weighted by molar-refractivity contribution is 5.83. The molecule has 0 aromatic carbocycles. The smallest absolute Gasteiger partial charge is 0.251 e. The molecule has 0 bridgehead atoms. The summed E-state index contributed by atoms with van der Waals surface area (Å²) in [5.74, 6) is -4.60. The zero-order valence-electron chi connectivity index (χ0n) is 32.3. The first-order valence-electron chi connectivity index (χ1n) is 19.3. The Bertz CT molecular complexity index is 2890. The van der Waals surface area contributed by atoms with Gasteiger partial charge in [-0.1, -0.05) is 13.2 Å². The summed E-state index contributed by atoms with van der Waals surface area (Å²) in [5.41, 5.74) is 20.0. The van der Waals surface area contributed by atoms with Crippen LogP contribution in [0.3, 0.4) is 0 Å². The predicted octanol–water partition coefficient (Wildman–Crippen LogP) is 7.45. The van der Waals surface area contributed by atoms with E-state index in [4.69, 9.17) is 11.5 Å². The molecule has 0 atom stereocenters. The summed E-state index contributed by atoms with van der Waals surface area (Å²) in [6.45, 7) is 9.41. The van der Waals surface area contributed by atoms with E-state index >= 15 is 0 Å². The van der Waals surface area contributed by atoms with E-state index in [9.17, 15) is 17.6 Å². The Kier molecular flexibility index (Phi) is 9.48. The van der Waals surface area contributed by atoms with Gasteiger partial charge >= 0.3 is 0 Å². The minimum Gasteiger partial charge on any atom is -0.371 e. The monoisotopic (exact) mass is 816 g/mol. The number of nitrogens with two attached hydrogens (primary N) is 2. The molecule has 5 N–H and O–H groups in total. The predicted molar refractivity (Wildman–Crippen MR) is 222 cm³/mol. The normalized spacial score (nSPS) is 16.3. The number of hydrogen-bond donors (Lipinski definition) is 3. The van der Waals surface area contributed by atoms with Gasteiger partial charge in [-0.3, -0.25) is 14.1 Å². The highest BCUT2D eigenvalue weighted by Gasteiger charge is 2.35. The number of fused-ring (bicyclic) bond motifs is 3. The third kappa shape index (κ3) is 7.58. The lowest BCUT2D eigenvalue weighted by Gasteiger charge is -2.34. The summed E-state index contributed by atoms with van der Waals surface area (Å²) in [7, 11) is 0. The van der Waals surface area contributed by atoms with E-state index in [2.05, 4.69) is 48.2 Å². The number of halogens is 4. The number of nitrogens with zero attached hydrogens (tertiary/aromatic N) is 11. The van der Waals surface area contributed by atoms with Gasteiger partial charge in [-0.15, -0.1) is 5.10 Å². The Balaban J connectivity index is 0.000000154. The van der Waals surface area contributed by atoms with Crippen molar-refractivity contribution in [2.75, 3.05) is 37.6 Å². The Morgan fingerprint density at radius 1 is 0.667 bits per heavy atom. The van der Waals surface area contributed by atoms with E-state index in [1.807, 2.05) is 80.0 Å². The Labute approximate surface area is 340 Å². The number of rotatable bonds is 7. The summed E-state index contributed by atoms with van der Waals surface area (Å²) >= 11 is 0. The molecule has 2 aliphatic heterocycles. The van der Waals surface area contributed by atoms with E-state index in [1.165, 1.54) is 0 Å². The number of imidazole rings is 1. The highest BCUT2D eigenvalue weighted by Crippen LogP contribution is 2.34. The van der Waals surface area contributed by atoms with Gasteiger partial charge in [-0.2, -0.15) is 4.98 Å². The zero-order valence-corrected chi connectivity index (χ0v) is 32.3. The summed E-state index contributed by atoms with van der Waals surface area (Å²) in [5, 5.41) is 6.00. The fourth-order valence-corrected chi connectivity index (χ4v) is 7.58. The molecule has 14 nitrogen and oxygen atoms in total. The van der Waals surface area contributed by atoms with Gasteiger partial charge in [-0.05, 0) is 42.5 Å². The van der Waals surface area contributed by atoms with Crippen LogP contribution in [0.5, 0.6) is 0 Å². The van der Waals surface area contributed by atoms with Crippen LogP contribution in [0.4, 0.5) is 29.5 Å². The maximum absolute atomic E-state index is 13.5. The lowest BCUT2D eigenvalue weighted by atomic mass is 10.0. The summed E-state index contributed by atoms with van der Waals surface area (Å²) < 4.78 is 59.3. The first-order valence-corrected chi connectivity index (χ1v) is 19.3. The van der Waals surface area contributed by atoms with Crippen molar-refractivity contribution in [2.45, 2.75) is 37.5 Å². The van der Waals surface area contributed by atoms with Crippen molar-refractivity contribution in [3.05, 3.63) is 116 Å². The molecule has 0 aliphatic carbocycles. The number of nitrogen functional groups attached to an aromatic ring is 2. The van der Waals surface area contributed by atoms with Crippen LogP contribution >= 0.6 is 0 Å². The topological polar surface area (TPSA) is 166 Å². The number of piperidine rings is 2. The van der Waals surface area contributed by atoms with Crippen molar-refractivity contribution in [3.8, 4) is 22.6 Å². The van der Waals surface area contributed by atoms with Crippen LogP contribution in [0.25, 0.3) is 61.7 Å². The van der Waals surface area contributed by atoms with Gasteiger partial charge in [0.1, 0.15) is 11.3 Å². The third-order valence-electron chi connectivity index (χ3n) is 11.0. The van der Waals surface area contributed by atoms with Crippen LogP contribution in [0, 0.1) is 0 Å². The molecular weight excluding hydrogens is 777 g/mol. The maximum atomic E-state index is 13.5. The Morgan fingerprint density at radius 2 is 1.23 bits per heavy atom. The number of hydrogen-bond acceptors (Lipinski definition) is 10. The number of aromatic nitrogens is 10. The lowest BCUT2D eigenvalue weighted by molar-refractivity contribution is -0.0456. The molecule has 0 spiro atoms. The Hall–Kier alpha value is -7.24. The van der Waals surface area contributed by atoms with Crippen molar-refractivity contribution >= 4 is 51.0 Å². The SMILES string of the molecule is C=C(c1cnc2c(ccn2-c2ccc3nc(N)nn3c2)c1)N1CCC(F)(F)CC1.C=C(c1cnc2c(ccn2-c2cncc(-c3cnc(N)[nH]3)c2)c1)N1CCC(F)(F)CC1. The number of nitrogens with one attached hydrogen (secondary N) is 1. The number of alkyl halides is 4. The summed E-state index contributed by atoms with van der Waals surface area (Å²) in [6.07, 6.45) is 13.7.